The van der Waals surface area contributed by atoms with Crippen LogP contribution in [0.1, 0.15) is 26.2 Å². The molecule has 0 fully saturated rings. The van der Waals surface area contributed by atoms with Crippen LogP contribution in [0.25, 0.3) is 0 Å². The predicted octanol–water partition coefficient (Wildman–Crippen LogP) is 1.43. The molecule has 0 amide bonds. The van der Waals surface area contributed by atoms with Crippen LogP contribution in [0.3, 0.4) is 0 Å². The Bertz CT molecular complexity index is 180. The maximum absolute atomic E-state index is 6.00. The van der Waals surface area contributed by atoms with E-state index >= 15 is 0 Å². The monoisotopic (exact) mass is 185 g/mol. The molecule has 13 heavy (non-hydrogen) atoms. The molecule has 3 heteroatoms. The fourth-order valence-electron chi connectivity index (χ4n) is 1.58. The Kier molecular flexibility index (Phi) is 4.25. The summed E-state index contributed by atoms with van der Waals surface area (Å²) in [5, 5.41) is 0. The van der Waals surface area contributed by atoms with Crippen molar-refractivity contribution in [2.45, 2.75) is 38.3 Å². The van der Waals surface area contributed by atoms with Crippen molar-refractivity contribution in [1.82, 2.24) is 0 Å². The largest absolute Gasteiger partial charge is 0.496 e. The van der Waals surface area contributed by atoms with Crippen LogP contribution < -0.4 is 5.73 Å². The SMILES string of the molecule is CCCC(OC)C(N)C1=CCCO1. The molecule has 2 atom stereocenters. The quantitative estimate of drug-likeness (QED) is 0.704. The Labute approximate surface area is 79.9 Å². The highest BCUT2D eigenvalue weighted by molar-refractivity contribution is 5.08. The van der Waals surface area contributed by atoms with E-state index in [1.807, 2.05) is 0 Å². The summed E-state index contributed by atoms with van der Waals surface area (Å²) >= 11 is 0. The highest BCUT2D eigenvalue weighted by Crippen LogP contribution is 2.18. The molecular formula is C10H19NO2. The molecule has 76 valence electrons. The lowest BCUT2D eigenvalue weighted by Gasteiger charge is -2.22. The second-order valence-electron chi connectivity index (χ2n) is 3.33. The first-order valence-electron chi connectivity index (χ1n) is 4.90. The molecule has 0 aliphatic carbocycles. The first kappa shape index (κ1) is 10.5. The van der Waals surface area contributed by atoms with Gasteiger partial charge >= 0.3 is 0 Å². The van der Waals surface area contributed by atoms with Crippen molar-refractivity contribution in [2.75, 3.05) is 13.7 Å². The van der Waals surface area contributed by atoms with Crippen LogP contribution in [0, 0.1) is 0 Å². The van der Waals surface area contributed by atoms with Gasteiger partial charge in [-0.2, -0.15) is 0 Å². The maximum Gasteiger partial charge on any atom is 0.111 e. The van der Waals surface area contributed by atoms with E-state index in [9.17, 15) is 0 Å². The van der Waals surface area contributed by atoms with Crippen molar-refractivity contribution in [3.8, 4) is 0 Å². The van der Waals surface area contributed by atoms with E-state index in [4.69, 9.17) is 15.2 Å². The van der Waals surface area contributed by atoms with E-state index in [-0.39, 0.29) is 12.1 Å². The summed E-state index contributed by atoms with van der Waals surface area (Å²) in [5.41, 5.74) is 6.00. The van der Waals surface area contributed by atoms with Gasteiger partial charge in [0.1, 0.15) is 5.76 Å². The standard InChI is InChI=1S/C10H19NO2/c1-3-5-8(12-2)10(11)9-6-4-7-13-9/h6,8,10H,3-5,7,11H2,1-2H3. The average Bonchev–Trinajstić information content (AvgIpc) is 2.65. The van der Waals surface area contributed by atoms with Crippen LogP contribution >= 0.6 is 0 Å². The summed E-state index contributed by atoms with van der Waals surface area (Å²) in [4.78, 5) is 0. The summed E-state index contributed by atoms with van der Waals surface area (Å²) < 4.78 is 10.7. The van der Waals surface area contributed by atoms with Crippen LogP contribution in [-0.4, -0.2) is 25.9 Å². The van der Waals surface area contributed by atoms with Gasteiger partial charge in [-0.05, 0) is 12.5 Å². The summed E-state index contributed by atoms with van der Waals surface area (Å²) in [5.74, 6) is 0.903. The van der Waals surface area contributed by atoms with E-state index in [2.05, 4.69) is 13.0 Å². The van der Waals surface area contributed by atoms with Crippen molar-refractivity contribution in [2.24, 2.45) is 5.73 Å². The fraction of sp³-hybridized carbons (Fsp3) is 0.800. The molecule has 2 N–H and O–H groups in total. The normalized spacial score (nSPS) is 20.7. The van der Waals surface area contributed by atoms with Gasteiger partial charge in [-0.25, -0.2) is 0 Å². The van der Waals surface area contributed by atoms with Gasteiger partial charge in [0.2, 0.25) is 0 Å². The van der Waals surface area contributed by atoms with E-state index in [1.54, 1.807) is 7.11 Å². The molecule has 1 heterocycles. The molecule has 0 aromatic carbocycles. The Morgan fingerprint density at radius 2 is 2.46 bits per heavy atom. The molecular weight excluding hydrogens is 166 g/mol. The number of hydrogen-bond acceptors (Lipinski definition) is 3. The van der Waals surface area contributed by atoms with Gasteiger partial charge in [0.25, 0.3) is 0 Å². The lowest BCUT2D eigenvalue weighted by Crippen LogP contribution is -2.37. The molecule has 0 radical (unpaired) electrons. The fourth-order valence-corrected chi connectivity index (χ4v) is 1.58. The van der Waals surface area contributed by atoms with Crippen LogP contribution in [0.2, 0.25) is 0 Å². The van der Waals surface area contributed by atoms with Crippen molar-refractivity contribution in [1.29, 1.82) is 0 Å². The summed E-state index contributed by atoms with van der Waals surface area (Å²) in [6.07, 6.45) is 5.20. The average molecular weight is 185 g/mol. The van der Waals surface area contributed by atoms with Crippen molar-refractivity contribution >= 4 is 0 Å². The van der Waals surface area contributed by atoms with Crippen molar-refractivity contribution in [3.05, 3.63) is 11.8 Å². The Morgan fingerprint density at radius 3 is 2.92 bits per heavy atom. The van der Waals surface area contributed by atoms with Gasteiger partial charge in [-0.1, -0.05) is 13.3 Å². The second-order valence-corrected chi connectivity index (χ2v) is 3.33. The smallest absolute Gasteiger partial charge is 0.111 e. The number of hydrogen-bond donors (Lipinski definition) is 1. The van der Waals surface area contributed by atoms with Crippen LogP contribution in [0.4, 0.5) is 0 Å². The minimum atomic E-state index is -0.0903. The van der Waals surface area contributed by atoms with Crippen molar-refractivity contribution < 1.29 is 9.47 Å². The minimum absolute atomic E-state index is 0.0903. The highest BCUT2D eigenvalue weighted by Gasteiger charge is 2.23. The molecule has 3 nitrogen and oxygen atoms in total. The van der Waals surface area contributed by atoms with Gasteiger partial charge in [0, 0.05) is 13.5 Å². The molecule has 0 saturated carbocycles. The van der Waals surface area contributed by atoms with Gasteiger partial charge in [0.05, 0.1) is 18.8 Å². The van der Waals surface area contributed by atoms with E-state index in [0.29, 0.717) is 0 Å². The van der Waals surface area contributed by atoms with Gasteiger partial charge in [-0.15, -0.1) is 0 Å². The first-order valence-corrected chi connectivity index (χ1v) is 4.90. The van der Waals surface area contributed by atoms with E-state index in [0.717, 1.165) is 31.6 Å². The molecule has 1 rings (SSSR count). The van der Waals surface area contributed by atoms with Crippen LogP contribution in [0.5, 0.6) is 0 Å². The van der Waals surface area contributed by atoms with E-state index < -0.39 is 0 Å². The molecule has 0 spiro atoms. The molecule has 2 unspecified atom stereocenters. The minimum Gasteiger partial charge on any atom is -0.496 e. The zero-order valence-corrected chi connectivity index (χ0v) is 8.45. The second kappa shape index (κ2) is 5.25. The highest BCUT2D eigenvalue weighted by atomic mass is 16.5. The molecule has 0 saturated heterocycles. The Hall–Kier alpha value is -0.540. The van der Waals surface area contributed by atoms with Gasteiger partial charge in [-0.3, -0.25) is 0 Å². The zero-order chi connectivity index (χ0) is 9.68. The zero-order valence-electron chi connectivity index (χ0n) is 8.45. The number of methoxy groups -OCH3 is 1. The number of ether oxygens (including phenoxy) is 2. The van der Waals surface area contributed by atoms with E-state index in [1.165, 1.54) is 0 Å². The third-order valence-electron chi connectivity index (χ3n) is 2.34. The van der Waals surface area contributed by atoms with Crippen LogP contribution in [0.15, 0.2) is 11.8 Å². The molecule has 1 aliphatic heterocycles. The Balaban J connectivity index is 2.47. The maximum atomic E-state index is 6.00. The topological polar surface area (TPSA) is 44.5 Å². The number of rotatable bonds is 5. The van der Waals surface area contributed by atoms with Crippen molar-refractivity contribution in [3.63, 3.8) is 0 Å². The number of nitrogens with two attached hydrogens (primary N) is 1. The molecule has 1 aliphatic rings. The lowest BCUT2D eigenvalue weighted by molar-refractivity contribution is 0.0637. The third-order valence-corrected chi connectivity index (χ3v) is 2.34. The lowest BCUT2D eigenvalue weighted by atomic mass is 10.1. The molecule has 0 aromatic rings. The van der Waals surface area contributed by atoms with Gasteiger partial charge in [0.15, 0.2) is 0 Å². The molecule has 0 bridgehead atoms. The third kappa shape index (κ3) is 2.71. The Morgan fingerprint density at radius 1 is 1.69 bits per heavy atom. The van der Waals surface area contributed by atoms with Crippen LogP contribution in [-0.2, 0) is 9.47 Å². The van der Waals surface area contributed by atoms with Gasteiger partial charge < -0.3 is 15.2 Å². The first-order chi connectivity index (χ1) is 6.29. The summed E-state index contributed by atoms with van der Waals surface area (Å²) in [7, 11) is 1.70. The summed E-state index contributed by atoms with van der Waals surface area (Å²) in [6, 6.07) is -0.0903. The molecule has 0 aromatic heterocycles. The summed E-state index contributed by atoms with van der Waals surface area (Å²) in [6.45, 7) is 2.90. The predicted molar refractivity (Wildman–Crippen MR) is 52.3 cm³/mol.